The van der Waals surface area contributed by atoms with Crippen LogP contribution in [0.25, 0.3) is 0 Å². The Bertz CT molecular complexity index is 118. The van der Waals surface area contributed by atoms with Gasteiger partial charge in [-0.05, 0) is 39.8 Å². The zero-order valence-electron chi connectivity index (χ0n) is 10.2. The van der Waals surface area contributed by atoms with E-state index < -0.39 is 10.0 Å². The van der Waals surface area contributed by atoms with Crippen molar-refractivity contribution in [3.63, 3.8) is 0 Å². The molecule has 0 aliphatic carbocycles. The van der Waals surface area contributed by atoms with Gasteiger partial charge in [0.2, 0.25) is 0 Å². The molecular formula is C10H26N2O2Si. The first-order valence-electron chi connectivity index (χ1n) is 5.93. The molecular weight excluding hydrogens is 208 g/mol. The average Bonchev–Trinajstić information content (AvgIpc) is 2.73. The van der Waals surface area contributed by atoms with Gasteiger partial charge in [0.1, 0.15) is 0 Å². The van der Waals surface area contributed by atoms with Crippen LogP contribution >= 0.6 is 0 Å². The summed E-state index contributed by atoms with van der Waals surface area (Å²) >= 11 is 0. The van der Waals surface area contributed by atoms with E-state index in [0.29, 0.717) is 0 Å². The van der Waals surface area contributed by atoms with Gasteiger partial charge in [-0.2, -0.15) is 0 Å². The summed E-state index contributed by atoms with van der Waals surface area (Å²) in [6.07, 6.45) is 2.75. The first-order chi connectivity index (χ1) is 7.35. The maximum Gasteiger partial charge on any atom is 0.304 e. The Labute approximate surface area is 96.2 Å². The maximum absolute atomic E-state index is 5.37. The minimum atomic E-state index is -0.589. The topological polar surface area (TPSA) is 47.7 Å². The fourth-order valence-corrected chi connectivity index (χ4v) is 1.87. The Morgan fingerprint density at radius 2 is 1.67 bits per heavy atom. The second kappa shape index (κ2) is 12.1. The lowest BCUT2D eigenvalue weighted by Gasteiger charge is -2.11. The smallest absolute Gasteiger partial charge is 0.304 e. The highest BCUT2D eigenvalue weighted by Gasteiger charge is 2.08. The van der Waals surface area contributed by atoms with Gasteiger partial charge in [0.25, 0.3) is 0 Å². The van der Waals surface area contributed by atoms with E-state index in [1.807, 2.05) is 13.8 Å². The van der Waals surface area contributed by atoms with E-state index in [0.717, 1.165) is 26.3 Å². The Balaban J connectivity index is 0.000000265. The Hall–Kier alpha value is 0.0569. The molecule has 0 aromatic carbocycles. The maximum atomic E-state index is 5.37. The van der Waals surface area contributed by atoms with Crippen LogP contribution in [0.15, 0.2) is 0 Å². The van der Waals surface area contributed by atoms with Crippen LogP contribution in [0.5, 0.6) is 0 Å². The Morgan fingerprint density at radius 3 is 2.07 bits per heavy atom. The van der Waals surface area contributed by atoms with E-state index in [1.165, 1.54) is 25.9 Å². The molecule has 0 aromatic rings. The molecule has 0 bridgehead atoms. The first kappa shape index (κ1) is 15.1. The second-order valence-electron chi connectivity index (χ2n) is 3.44. The van der Waals surface area contributed by atoms with Gasteiger partial charge in [0.15, 0.2) is 0 Å². The van der Waals surface area contributed by atoms with Crippen LogP contribution in [0.2, 0.25) is 0 Å². The minimum absolute atomic E-state index is 0.589. The number of likely N-dealkylation sites (tertiary alicyclic amines) is 1. The van der Waals surface area contributed by atoms with Gasteiger partial charge >= 0.3 is 10.0 Å². The normalized spacial score (nSPS) is 16.2. The van der Waals surface area contributed by atoms with E-state index in [9.17, 15) is 0 Å². The van der Waals surface area contributed by atoms with Crippen molar-refractivity contribution in [1.82, 2.24) is 4.90 Å². The summed E-state index contributed by atoms with van der Waals surface area (Å²) in [5.41, 5.74) is 5.37. The van der Waals surface area contributed by atoms with Crippen molar-refractivity contribution in [2.24, 2.45) is 5.73 Å². The van der Waals surface area contributed by atoms with E-state index >= 15 is 0 Å². The first-order valence-corrected chi connectivity index (χ1v) is 7.08. The van der Waals surface area contributed by atoms with Crippen LogP contribution in [-0.4, -0.2) is 54.3 Å². The summed E-state index contributed by atoms with van der Waals surface area (Å²) in [6.45, 7) is 10.0. The van der Waals surface area contributed by atoms with E-state index in [1.54, 1.807) is 0 Å². The van der Waals surface area contributed by atoms with Crippen molar-refractivity contribution in [2.45, 2.75) is 26.7 Å². The summed E-state index contributed by atoms with van der Waals surface area (Å²) < 4.78 is 9.98. The molecule has 2 N–H and O–H groups in total. The molecule has 92 valence electrons. The molecule has 1 aliphatic rings. The van der Waals surface area contributed by atoms with Gasteiger partial charge < -0.3 is 19.5 Å². The van der Waals surface area contributed by atoms with Gasteiger partial charge in [-0.3, -0.25) is 0 Å². The Morgan fingerprint density at radius 1 is 1.13 bits per heavy atom. The SMILES string of the molecule is CCO[SiH2]OCC.NCCN1CCCC1. The molecule has 5 heteroatoms. The molecule has 0 saturated carbocycles. The average molecular weight is 234 g/mol. The van der Waals surface area contributed by atoms with Crippen molar-refractivity contribution in [1.29, 1.82) is 0 Å². The van der Waals surface area contributed by atoms with Crippen molar-refractivity contribution in [2.75, 3.05) is 39.4 Å². The van der Waals surface area contributed by atoms with E-state index in [2.05, 4.69) is 4.90 Å². The van der Waals surface area contributed by atoms with Crippen LogP contribution in [0.4, 0.5) is 0 Å². The van der Waals surface area contributed by atoms with Gasteiger partial charge in [-0.25, -0.2) is 0 Å². The molecule has 0 spiro atoms. The molecule has 1 fully saturated rings. The summed E-state index contributed by atoms with van der Waals surface area (Å²) in [6, 6.07) is 0. The van der Waals surface area contributed by atoms with Crippen LogP contribution in [0, 0.1) is 0 Å². The van der Waals surface area contributed by atoms with Crippen LogP contribution < -0.4 is 5.73 Å². The number of nitrogens with two attached hydrogens (primary N) is 1. The molecule has 1 rings (SSSR count). The van der Waals surface area contributed by atoms with E-state index in [4.69, 9.17) is 14.6 Å². The number of hydrogen-bond acceptors (Lipinski definition) is 4. The number of hydrogen-bond donors (Lipinski definition) is 1. The van der Waals surface area contributed by atoms with Crippen molar-refractivity contribution in [3.05, 3.63) is 0 Å². The minimum Gasteiger partial charge on any atom is -0.399 e. The standard InChI is InChI=1S/C6H14N2.C4H12O2Si/c7-3-6-8-4-1-2-5-8;1-3-5-7-6-4-2/h1-7H2;3-4,7H2,1-2H3. The lowest BCUT2D eigenvalue weighted by Crippen LogP contribution is -2.26. The van der Waals surface area contributed by atoms with Crippen molar-refractivity contribution >= 4 is 10.0 Å². The molecule has 0 amide bonds. The fourth-order valence-electron chi connectivity index (χ4n) is 1.41. The molecule has 1 saturated heterocycles. The van der Waals surface area contributed by atoms with Gasteiger partial charge in [0.05, 0.1) is 0 Å². The lowest BCUT2D eigenvalue weighted by molar-refractivity contribution is 0.240. The molecule has 1 aliphatic heterocycles. The third kappa shape index (κ3) is 10.3. The quantitative estimate of drug-likeness (QED) is 0.523. The van der Waals surface area contributed by atoms with Gasteiger partial charge in [0, 0.05) is 26.3 Å². The zero-order valence-corrected chi connectivity index (χ0v) is 11.6. The van der Waals surface area contributed by atoms with E-state index in [-0.39, 0.29) is 0 Å². The van der Waals surface area contributed by atoms with Crippen molar-refractivity contribution in [3.8, 4) is 0 Å². The Kier molecular flexibility index (Phi) is 12.2. The van der Waals surface area contributed by atoms with Crippen LogP contribution in [-0.2, 0) is 8.85 Å². The third-order valence-corrected chi connectivity index (χ3v) is 3.37. The molecule has 15 heavy (non-hydrogen) atoms. The van der Waals surface area contributed by atoms with Gasteiger partial charge in [-0.1, -0.05) is 0 Å². The molecule has 0 radical (unpaired) electrons. The monoisotopic (exact) mass is 234 g/mol. The largest absolute Gasteiger partial charge is 0.399 e. The fraction of sp³-hybridized carbons (Fsp3) is 1.00. The zero-order chi connectivity index (χ0) is 11.4. The second-order valence-corrected chi connectivity index (χ2v) is 4.49. The molecule has 0 atom stereocenters. The highest BCUT2D eigenvalue weighted by Crippen LogP contribution is 2.04. The molecule has 4 nitrogen and oxygen atoms in total. The van der Waals surface area contributed by atoms with Gasteiger partial charge in [-0.15, -0.1) is 0 Å². The third-order valence-electron chi connectivity index (χ3n) is 2.22. The van der Waals surface area contributed by atoms with Crippen LogP contribution in [0.3, 0.4) is 0 Å². The predicted molar refractivity (Wildman–Crippen MR) is 66.5 cm³/mol. The predicted octanol–water partition coefficient (Wildman–Crippen LogP) is 0.0991. The molecule has 0 unspecified atom stereocenters. The van der Waals surface area contributed by atoms with Crippen molar-refractivity contribution < 1.29 is 8.85 Å². The van der Waals surface area contributed by atoms with Crippen LogP contribution in [0.1, 0.15) is 26.7 Å². The molecule has 1 heterocycles. The summed E-state index contributed by atoms with van der Waals surface area (Å²) in [7, 11) is -0.589. The molecule has 0 aromatic heterocycles. The highest BCUT2D eigenvalue weighted by atomic mass is 28.3. The number of rotatable bonds is 6. The number of nitrogens with zero attached hydrogens (tertiary/aromatic N) is 1. The highest BCUT2D eigenvalue weighted by molar-refractivity contribution is 6.17. The summed E-state index contributed by atoms with van der Waals surface area (Å²) in [5, 5.41) is 0. The summed E-state index contributed by atoms with van der Waals surface area (Å²) in [5.74, 6) is 0. The lowest BCUT2D eigenvalue weighted by atomic mass is 10.4. The summed E-state index contributed by atoms with van der Waals surface area (Å²) in [4.78, 5) is 2.42.